The van der Waals surface area contributed by atoms with E-state index in [0.29, 0.717) is 26.1 Å². The fraction of sp³-hybridized carbons (Fsp3) is 0.500. The summed E-state index contributed by atoms with van der Waals surface area (Å²) in [6.45, 7) is 3.56. The summed E-state index contributed by atoms with van der Waals surface area (Å²) in [5.74, 6) is 0.0887. The number of hydrogen-bond acceptors (Lipinski definition) is 5. The van der Waals surface area contributed by atoms with Crippen molar-refractivity contribution in [3.05, 3.63) is 60.2 Å². The van der Waals surface area contributed by atoms with Crippen molar-refractivity contribution in [3.8, 4) is 0 Å². The van der Waals surface area contributed by atoms with Crippen molar-refractivity contribution in [2.45, 2.75) is 38.1 Å². The third-order valence-corrected chi connectivity index (χ3v) is 5.79. The normalized spacial score (nSPS) is 14.4. The van der Waals surface area contributed by atoms with Crippen molar-refractivity contribution in [1.29, 1.82) is 0 Å². The number of aromatic nitrogens is 2. The van der Waals surface area contributed by atoms with Gasteiger partial charge in [0, 0.05) is 58.6 Å². The van der Waals surface area contributed by atoms with Gasteiger partial charge in [-0.3, -0.25) is 19.7 Å². The zero-order valence-electron chi connectivity index (χ0n) is 18.9. The molecular weight excluding hydrogens is 404 g/mol. The highest BCUT2D eigenvalue weighted by molar-refractivity contribution is 5.75. The third kappa shape index (κ3) is 7.02. The first-order chi connectivity index (χ1) is 15.7. The first-order valence-corrected chi connectivity index (χ1v) is 11.5. The zero-order valence-corrected chi connectivity index (χ0v) is 18.9. The van der Waals surface area contributed by atoms with E-state index in [-0.39, 0.29) is 18.0 Å². The van der Waals surface area contributed by atoms with Gasteiger partial charge in [-0.1, -0.05) is 25.0 Å². The molecule has 0 aliphatic carbocycles. The second-order valence-electron chi connectivity index (χ2n) is 8.00. The zero-order chi connectivity index (χ0) is 22.6. The molecule has 3 heterocycles. The summed E-state index contributed by atoms with van der Waals surface area (Å²) >= 11 is 0. The summed E-state index contributed by atoms with van der Waals surface area (Å²) in [4.78, 5) is 37.1. The molecule has 0 saturated carbocycles. The Bertz CT molecular complexity index is 785. The molecule has 1 fully saturated rings. The molecule has 1 aliphatic rings. The van der Waals surface area contributed by atoms with E-state index in [0.717, 1.165) is 50.2 Å². The highest BCUT2D eigenvalue weighted by Gasteiger charge is 2.29. The Morgan fingerprint density at radius 3 is 2.09 bits per heavy atom. The van der Waals surface area contributed by atoms with Crippen LogP contribution in [0.2, 0.25) is 0 Å². The van der Waals surface area contributed by atoms with Crippen molar-refractivity contribution >= 4 is 11.9 Å². The molecular formula is C24H34N6O2. The van der Waals surface area contributed by atoms with Gasteiger partial charge in [0.2, 0.25) is 5.91 Å². The van der Waals surface area contributed by atoms with Crippen molar-refractivity contribution in [3.63, 3.8) is 0 Å². The fourth-order valence-corrected chi connectivity index (χ4v) is 3.98. The number of nitrogens with zero attached hydrogens (tertiary/aromatic N) is 4. The molecule has 3 rings (SSSR count). The standard InChI is InChI=1S/C24H34N6O2/c1-25-22(31)12-4-2-3-7-15-28-24(32)30-18-16-29(17-19-30)23(20-10-5-8-13-26-20)21-11-6-9-14-27-21/h5-6,8-11,13-14,23H,2-4,7,12,15-19H2,1H3,(H,25,31)(H,28,32). The quantitative estimate of drug-likeness (QED) is 0.557. The Balaban J connectivity index is 1.43. The average molecular weight is 439 g/mol. The van der Waals surface area contributed by atoms with Gasteiger partial charge in [-0.2, -0.15) is 0 Å². The molecule has 0 radical (unpaired) electrons. The lowest BCUT2D eigenvalue weighted by Gasteiger charge is -2.38. The van der Waals surface area contributed by atoms with E-state index in [1.165, 1.54) is 0 Å². The number of carbonyl (C=O) groups excluding carboxylic acids is 2. The molecule has 8 nitrogen and oxygen atoms in total. The van der Waals surface area contributed by atoms with Gasteiger partial charge in [-0.25, -0.2) is 4.79 Å². The summed E-state index contributed by atoms with van der Waals surface area (Å²) in [5, 5.41) is 5.67. The molecule has 2 N–H and O–H groups in total. The van der Waals surface area contributed by atoms with E-state index >= 15 is 0 Å². The topological polar surface area (TPSA) is 90.5 Å². The van der Waals surface area contributed by atoms with Crippen LogP contribution in [0.25, 0.3) is 0 Å². The number of unbranched alkanes of at least 4 members (excludes halogenated alkanes) is 3. The fourth-order valence-electron chi connectivity index (χ4n) is 3.98. The predicted octanol–water partition coefficient (Wildman–Crippen LogP) is 2.59. The molecule has 2 aromatic rings. The number of urea groups is 1. The molecule has 1 aliphatic heterocycles. The maximum atomic E-state index is 12.6. The Morgan fingerprint density at radius 2 is 1.53 bits per heavy atom. The Labute approximate surface area is 190 Å². The van der Waals surface area contributed by atoms with Crippen LogP contribution in [0.3, 0.4) is 0 Å². The maximum Gasteiger partial charge on any atom is 0.317 e. The minimum atomic E-state index is -0.0163. The van der Waals surface area contributed by atoms with Gasteiger partial charge in [0.1, 0.15) is 0 Å². The van der Waals surface area contributed by atoms with E-state index in [1.54, 1.807) is 7.05 Å². The van der Waals surface area contributed by atoms with Gasteiger partial charge in [0.25, 0.3) is 0 Å². The van der Waals surface area contributed by atoms with Crippen LogP contribution >= 0.6 is 0 Å². The number of carbonyl (C=O) groups is 2. The monoisotopic (exact) mass is 438 g/mol. The number of rotatable bonds is 10. The molecule has 0 unspecified atom stereocenters. The number of pyridine rings is 2. The lowest BCUT2D eigenvalue weighted by Crippen LogP contribution is -2.52. The van der Waals surface area contributed by atoms with Crippen LogP contribution in [0, 0.1) is 0 Å². The number of amides is 3. The van der Waals surface area contributed by atoms with Gasteiger partial charge < -0.3 is 15.5 Å². The van der Waals surface area contributed by atoms with Crippen molar-refractivity contribution in [2.24, 2.45) is 0 Å². The summed E-state index contributed by atoms with van der Waals surface area (Å²) in [6, 6.07) is 11.9. The van der Waals surface area contributed by atoms with Crippen molar-refractivity contribution in [1.82, 2.24) is 30.4 Å². The lowest BCUT2D eigenvalue weighted by atomic mass is 10.1. The molecule has 3 amide bonds. The van der Waals surface area contributed by atoms with Crippen LogP contribution in [-0.4, -0.2) is 71.5 Å². The van der Waals surface area contributed by atoms with Crippen LogP contribution in [0.15, 0.2) is 48.8 Å². The maximum absolute atomic E-state index is 12.6. The van der Waals surface area contributed by atoms with Gasteiger partial charge >= 0.3 is 6.03 Å². The summed E-state index contributed by atoms with van der Waals surface area (Å²) < 4.78 is 0. The number of hydrogen-bond donors (Lipinski definition) is 2. The van der Waals surface area contributed by atoms with Crippen LogP contribution in [0.5, 0.6) is 0 Å². The summed E-state index contributed by atoms with van der Waals surface area (Å²) in [6.07, 6.45) is 8.04. The lowest BCUT2D eigenvalue weighted by molar-refractivity contribution is -0.120. The van der Waals surface area contributed by atoms with E-state index in [2.05, 4.69) is 25.5 Å². The molecule has 1 saturated heterocycles. The highest BCUT2D eigenvalue weighted by atomic mass is 16.2. The molecule has 2 aromatic heterocycles. The summed E-state index contributed by atoms with van der Waals surface area (Å²) in [5.41, 5.74) is 1.95. The minimum Gasteiger partial charge on any atom is -0.359 e. The summed E-state index contributed by atoms with van der Waals surface area (Å²) in [7, 11) is 1.66. The van der Waals surface area contributed by atoms with Crippen LogP contribution in [0.4, 0.5) is 4.79 Å². The molecule has 0 atom stereocenters. The van der Waals surface area contributed by atoms with Crippen LogP contribution in [-0.2, 0) is 4.79 Å². The predicted molar refractivity (Wildman–Crippen MR) is 124 cm³/mol. The second-order valence-corrected chi connectivity index (χ2v) is 8.00. The SMILES string of the molecule is CNC(=O)CCCCCCNC(=O)N1CCN(C(c2ccccn2)c2ccccn2)CC1. The molecule has 172 valence electrons. The number of nitrogens with one attached hydrogen (secondary N) is 2. The van der Waals surface area contributed by atoms with E-state index < -0.39 is 0 Å². The van der Waals surface area contributed by atoms with Gasteiger partial charge in [-0.05, 0) is 37.1 Å². The first kappa shape index (κ1) is 23.7. The van der Waals surface area contributed by atoms with Gasteiger partial charge in [-0.15, -0.1) is 0 Å². The third-order valence-electron chi connectivity index (χ3n) is 5.79. The molecule has 0 bridgehead atoms. The minimum absolute atomic E-state index is 0.00207. The molecule has 0 aromatic carbocycles. The smallest absolute Gasteiger partial charge is 0.317 e. The van der Waals surface area contributed by atoms with Crippen LogP contribution in [0.1, 0.15) is 49.5 Å². The van der Waals surface area contributed by atoms with Crippen LogP contribution < -0.4 is 10.6 Å². The first-order valence-electron chi connectivity index (χ1n) is 11.5. The van der Waals surface area contributed by atoms with Crippen molar-refractivity contribution in [2.75, 3.05) is 39.8 Å². The highest BCUT2D eigenvalue weighted by Crippen LogP contribution is 2.26. The Kier molecular flexibility index (Phi) is 9.43. The van der Waals surface area contributed by atoms with E-state index in [9.17, 15) is 9.59 Å². The largest absolute Gasteiger partial charge is 0.359 e. The Hall–Kier alpha value is -3.00. The molecule has 0 spiro atoms. The van der Waals surface area contributed by atoms with Crippen molar-refractivity contribution < 1.29 is 9.59 Å². The van der Waals surface area contributed by atoms with E-state index in [4.69, 9.17) is 0 Å². The average Bonchev–Trinajstić information content (AvgIpc) is 2.85. The van der Waals surface area contributed by atoms with Gasteiger partial charge in [0.15, 0.2) is 0 Å². The molecule has 32 heavy (non-hydrogen) atoms. The second kappa shape index (κ2) is 12.8. The van der Waals surface area contributed by atoms with Gasteiger partial charge in [0.05, 0.1) is 17.4 Å². The van der Waals surface area contributed by atoms with E-state index in [1.807, 2.05) is 53.7 Å². The Morgan fingerprint density at radius 1 is 0.906 bits per heavy atom. The number of piperazine rings is 1. The molecule has 8 heteroatoms.